The maximum Gasteiger partial charge on any atom is 0.268 e. The maximum atomic E-state index is 14.4. The molecular weight excluding hydrogens is 422 g/mol. The molecule has 5 nitrogen and oxygen atoms in total. The molecule has 0 aliphatic rings. The van der Waals surface area contributed by atoms with Crippen LogP contribution in [0.15, 0.2) is 78.1 Å². The number of halogens is 2. The Hall–Kier alpha value is -3.52. The van der Waals surface area contributed by atoms with Crippen LogP contribution in [0.5, 0.6) is 5.75 Å². The van der Waals surface area contributed by atoms with E-state index in [4.69, 9.17) is 4.74 Å². The first-order valence-corrected chi connectivity index (χ1v) is 10.6. The van der Waals surface area contributed by atoms with Crippen molar-refractivity contribution in [3.63, 3.8) is 0 Å². The lowest BCUT2D eigenvalue weighted by atomic mass is 10.1. The van der Waals surface area contributed by atoms with Gasteiger partial charge in [0.1, 0.15) is 17.4 Å². The quantitative estimate of drug-likeness (QED) is 0.443. The third kappa shape index (κ3) is 3.94. The van der Waals surface area contributed by atoms with E-state index in [1.54, 1.807) is 30.6 Å². The molecule has 4 rings (SSSR count). The lowest BCUT2D eigenvalue weighted by molar-refractivity contribution is 0.413. The van der Waals surface area contributed by atoms with Crippen LogP contribution in [0.4, 0.5) is 8.78 Å². The van der Waals surface area contributed by atoms with E-state index in [0.29, 0.717) is 28.5 Å². The maximum absolute atomic E-state index is 14.4. The van der Waals surface area contributed by atoms with Crippen LogP contribution in [-0.4, -0.2) is 24.5 Å². The van der Waals surface area contributed by atoms with Gasteiger partial charge in [0.15, 0.2) is 0 Å². The highest BCUT2D eigenvalue weighted by atomic mass is 32.2. The van der Waals surface area contributed by atoms with Crippen molar-refractivity contribution in [3.8, 4) is 28.1 Å². The molecule has 0 aliphatic heterocycles. The highest BCUT2D eigenvalue weighted by Crippen LogP contribution is 2.31. The van der Waals surface area contributed by atoms with Gasteiger partial charge >= 0.3 is 0 Å². The second-order valence-electron chi connectivity index (χ2n) is 6.80. The topological polar surface area (TPSA) is 61.2 Å². The molecule has 8 heteroatoms. The van der Waals surface area contributed by atoms with E-state index in [1.165, 1.54) is 37.6 Å². The Morgan fingerprint density at radius 1 is 1.00 bits per heavy atom. The molecule has 1 radical (unpaired) electrons. The molecule has 2 aromatic heterocycles. The summed E-state index contributed by atoms with van der Waals surface area (Å²) in [6.07, 6.45) is 4.44. The molecule has 0 saturated heterocycles. The molecule has 0 bridgehead atoms. The van der Waals surface area contributed by atoms with Crippen LogP contribution in [0.2, 0.25) is 0 Å². The van der Waals surface area contributed by atoms with Gasteiger partial charge in [0.25, 0.3) is 10.0 Å². The molecule has 0 spiro atoms. The number of hydrogen-bond acceptors (Lipinski definition) is 4. The van der Waals surface area contributed by atoms with Gasteiger partial charge in [0.2, 0.25) is 0 Å². The summed E-state index contributed by atoms with van der Waals surface area (Å²) in [5.74, 6) is -1.09. The highest BCUT2D eigenvalue weighted by molar-refractivity contribution is 7.90. The van der Waals surface area contributed by atoms with Crippen LogP contribution in [0, 0.1) is 18.6 Å². The van der Waals surface area contributed by atoms with Gasteiger partial charge in [-0.3, -0.25) is 4.98 Å². The van der Waals surface area contributed by atoms with Crippen LogP contribution < -0.4 is 4.74 Å². The number of benzene rings is 2. The molecule has 31 heavy (non-hydrogen) atoms. The molecule has 0 fully saturated rings. The Bertz CT molecular complexity index is 1380. The van der Waals surface area contributed by atoms with E-state index in [0.717, 1.165) is 10.0 Å². The van der Waals surface area contributed by atoms with Gasteiger partial charge in [-0.2, -0.15) is 0 Å². The summed E-state index contributed by atoms with van der Waals surface area (Å²) in [6.45, 7) is 3.76. The van der Waals surface area contributed by atoms with Crippen molar-refractivity contribution in [3.05, 3.63) is 97.3 Å². The van der Waals surface area contributed by atoms with Crippen molar-refractivity contribution in [2.24, 2.45) is 0 Å². The lowest BCUT2D eigenvalue weighted by Gasteiger charge is -2.12. The van der Waals surface area contributed by atoms with Crippen molar-refractivity contribution in [1.29, 1.82) is 0 Å². The lowest BCUT2D eigenvalue weighted by Crippen LogP contribution is -2.13. The molecule has 4 aromatic rings. The molecule has 0 atom stereocenters. The number of rotatable bonds is 5. The van der Waals surface area contributed by atoms with Gasteiger partial charge in [-0.15, -0.1) is 0 Å². The van der Waals surface area contributed by atoms with Gasteiger partial charge in [0, 0.05) is 29.6 Å². The fourth-order valence-corrected chi connectivity index (χ4v) is 4.66. The number of ether oxygens (including phenoxy) is 1. The Balaban J connectivity index is 1.83. The molecular formula is C23H17F2N2O3S. The van der Waals surface area contributed by atoms with E-state index in [-0.39, 0.29) is 16.2 Å². The minimum absolute atomic E-state index is 0.00723. The smallest absolute Gasteiger partial charge is 0.268 e. The van der Waals surface area contributed by atoms with Crippen molar-refractivity contribution >= 4 is 10.0 Å². The van der Waals surface area contributed by atoms with Crippen molar-refractivity contribution in [1.82, 2.24) is 8.96 Å². The largest absolute Gasteiger partial charge is 0.495 e. The molecule has 2 heterocycles. The zero-order chi connectivity index (χ0) is 22.2. The molecule has 0 N–H and O–H groups in total. The van der Waals surface area contributed by atoms with Crippen LogP contribution in [0.25, 0.3) is 22.4 Å². The first-order chi connectivity index (χ1) is 14.8. The molecule has 0 unspecified atom stereocenters. The number of nitrogens with zero attached hydrogens (tertiary/aromatic N) is 2. The fraction of sp³-hybridized carbons (Fsp3) is 0.0435. The molecule has 2 aromatic carbocycles. The average Bonchev–Trinajstić information content (AvgIpc) is 3.16. The Labute approximate surface area is 178 Å². The minimum atomic E-state index is -4.11. The number of aromatic nitrogens is 2. The first kappa shape index (κ1) is 20.7. The van der Waals surface area contributed by atoms with Crippen molar-refractivity contribution in [2.45, 2.75) is 4.90 Å². The normalized spacial score (nSPS) is 11.5. The van der Waals surface area contributed by atoms with Crippen LogP contribution in [0.3, 0.4) is 0 Å². The Kier molecular flexibility index (Phi) is 5.32. The number of pyridine rings is 1. The van der Waals surface area contributed by atoms with Gasteiger partial charge in [-0.25, -0.2) is 21.2 Å². The zero-order valence-corrected chi connectivity index (χ0v) is 17.2. The Morgan fingerprint density at radius 2 is 1.81 bits per heavy atom. The first-order valence-electron chi connectivity index (χ1n) is 9.14. The van der Waals surface area contributed by atoms with Crippen molar-refractivity contribution < 1.29 is 21.9 Å². The summed E-state index contributed by atoms with van der Waals surface area (Å²) in [6, 6.07) is 12.4. The van der Waals surface area contributed by atoms with E-state index in [2.05, 4.69) is 11.9 Å². The Morgan fingerprint density at radius 3 is 2.55 bits per heavy atom. The van der Waals surface area contributed by atoms with E-state index < -0.39 is 21.7 Å². The molecule has 157 valence electrons. The van der Waals surface area contributed by atoms with Crippen molar-refractivity contribution in [2.75, 3.05) is 7.11 Å². The van der Waals surface area contributed by atoms with E-state index >= 15 is 0 Å². The third-order valence-electron chi connectivity index (χ3n) is 4.72. The summed E-state index contributed by atoms with van der Waals surface area (Å²) in [7, 11) is -2.59. The summed E-state index contributed by atoms with van der Waals surface area (Å²) in [5, 5.41) is 0. The second-order valence-corrected chi connectivity index (χ2v) is 8.61. The van der Waals surface area contributed by atoms with Gasteiger partial charge in [-0.1, -0.05) is 12.1 Å². The monoisotopic (exact) mass is 439 g/mol. The predicted octanol–water partition coefficient (Wildman–Crippen LogP) is 4.92. The van der Waals surface area contributed by atoms with E-state index in [9.17, 15) is 17.2 Å². The third-order valence-corrected chi connectivity index (χ3v) is 6.39. The highest BCUT2D eigenvalue weighted by Gasteiger charge is 2.23. The van der Waals surface area contributed by atoms with Gasteiger partial charge in [-0.05, 0) is 54.4 Å². The van der Waals surface area contributed by atoms with Gasteiger partial charge in [0.05, 0.1) is 23.9 Å². The zero-order valence-electron chi connectivity index (χ0n) is 16.4. The molecule has 0 saturated carbocycles. The summed E-state index contributed by atoms with van der Waals surface area (Å²) >= 11 is 0. The van der Waals surface area contributed by atoms with Gasteiger partial charge < -0.3 is 4.74 Å². The predicted molar refractivity (Wildman–Crippen MR) is 113 cm³/mol. The van der Waals surface area contributed by atoms with Crippen LogP contribution in [-0.2, 0) is 10.0 Å². The van der Waals surface area contributed by atoms with Crippen LogP contribution in [0.1, 0.15) is 5.56 Å². The van der Waals surface area contributed by atoms with Crippen LogP contribution >= 0.6 is 0 Å². The fourth-order valence-electron chi connectivity index (χ4n) is 3.23. The average molecular weight is 439 g/mol. The standard InChI is InChI=1S/C23H17F2N2O3S/c1-15-8-23(21-7-6-18(24)11-22(21)25)27(14-15)31(28,29)20-5-3-4-16(10-20)17-9-19(30-2)13-26-12-17/h3-14H,1H2,2H3. The number of methoxy groups -OCH3 is 1. The second kappa shape index (κ2) is 7.96. The SMILES string of the molecule is [CH2]c1cc(-c2ccc(F)cc2F)n(S(=O)(=O)c2cccc(-c3cncc(OC)c3)c2)c1. The number of hydrogen-bond donors (Lipinski definition) is 0. The molecule has 0 amide bonds. The summed E-state index contributed by atoms with van der Waals surface area (Å²) < 4.78 is 60.7. The summed E-state index contributed by atoms with van der Waals surface area (Å²) in [4.78, 5) is 4.09. The minimum Gasteiger partial charge on any atom is -0.495 e. The summed E-state index contributed by atoms with van der Waals surface area (Å²) in [5.41, 5.74) is 1.66. The molecule has 0 aliphatic carbocycles. The van der Waals surface area contributed by atoms with E-state index in [1.807, 2.05) is 0 Å².